The molecule has 1 heterocycles. The molecule has 120 valence electrons. The van der Waals surface area contributed by atoms with Crippen LogP contribution >= 0.6 is 0 Å². The Balaban J connectivity index is 1.62. The molecule has 0 spiro atoms. The second-order valence-corrected chi connectivity index (χ2v) is 6.32. The number of carbonyl (C=O) groups is 1. The van der Waals surface area contributed by atoms with Crippen molar-refractivity contribution in [2.75, 3.05) is 18.4 Å². The van der Waals surface area contributed by atoms with Gasteiger partial charge in [-0.2, -0.15) is 0 Å². The van der Waals surface area contributed by atoms with Gasteiger partial charge in [-0.05, 0) is 49.8 Å². The highest BCUT2D eigenvalue weighted by Crippen LogP contribution is 2.35. The molecule has 22 heavy (non-hydrogen) atoms. The number of nitrogens with zero attached hydrogens (tertiary/aromatic N) is 1. The lowest BCUT2D eigenvalue weighted by molar-refractivity contribution is -0.135. The number of piperidine rings is 1. The Bertz CT molecular complexity index is 547. The summed E-state index contributed by atoms with van der Waals surface area (Å²) in [6, 6.07) is 3.57. The van der Waals surface area contributed by atoms with Crippen molar-refractivity contribution in [3.05, 3.63) is 29.8 Å². The topological polar surface area (TPSA) is 32.3 Å². The number of carbonyl (C=O) groups excluding carboxylic acids is 1. The summed E-state index contributed by atoms with van der Waals surface area (Å²) >= 11 is 0. The van der Waals surface area contributed by atoms with Gasteiger partial charge in [-0.15, -0.1) is 0 Å². The number of halogens is 2. The molecule has 1 aliphatic carbocycles. The fraction of sp³-hybridized carbons (Fsp3) is 0.588. The van der Waals surface area contributed by atoms with Gasteiger partial charge in [-0.25, -0.2) is 8.78 Å². The van der Waals surface area contributed by atoms with E-state index in [-0.39, 0.29) is 18.1 Å². The number of hydrogen-bond acceptors (Lipinski definition) is 2. The molecule has 3 nitrogen and oxygen atoms in total. The van der Waals surface area contributed by atoms with E-state index < -0.39 is 11.6 Å². The Hall–Kier alpha value is -1.65. The van der Waals surface area contributed by atoms with Gasteiger partial charge in [-0.1, -0.05) is 12.8 Å². The highest BCUT2D eigenvalue weighted by molar-refractivity contribution is 5.81. The summed E-state index contributed by atoms with van der Waals surface area (Å²) in [6.45, 7) is 0.802. The maximum atomic E-state index is 13.6. The highest BCUT2D eigenvalue weighted by atomic mass is 19.1. The molecule has 1 aromatic carbocycles. The van der Waals surface area contributed by atoms with Crippen molar-refractivity contribution in [3.63, 3.8) is 0 Å². The van der Waals surface area contributed by atoms with Crippen LogP contribution in [0.5, 0.6) is 0 Å². The molecule has 1 aromatic rings. The van der Waals surface area contributed by atoms with Crippen LogP contribution in [0.4, 0.5) is 14.5 Å². The summed E-state index contributed by atoms with van der Waals surface area (Å²) in [6.07, 6.45) is 6.97. The lowest BCUT2D eigenvalue weighted by Gasteiger charge is -2.44. The number of anilines is 1. The number of rotatable bonds is 3. The quantitative estimate of drug-likeness (QED) is 0.926. The first-order valence-corrected chi connectivity index (χ1v) is 8.13. The average Bonchev–Trinajstić information content (AvgIpc) is 2.55. The summed E-state index contributed by atoms with van der Waals surface area (Å²) in [5.41, 5.74) is 0.0468. The highest BCUT2D eigenvalue weighted by Gasteiger charge is 2.35. The van der Waals surface area contributed by atoms with Crippen LogP contribution in [0.3, 0.4) is 0 Å². The van der Waals surface area contributed by atoms with E-state index in [4.69, 9.17) is 0 Å². The van der Waals surface area contributed by atoms with Crippen LogP contribution in [-0.4, -0.2) is 29.9 Å². The van der Waals surface area contributed by atoms with Crippen LogP contribution in [0.25, 0.3) is 0 Å². The first-order valence-electron chi connectivity index (χ1n) is 8.13. The predicted octanol–water partition coefficient (Wildman–Crippen LogP) is 3.56. The second-order valence-electron chi connectivity index (χ2n) is 6.32. The number of likely N-dealkylation sites (tertiary alicyclic amines) is 1. The Labute approximate surface area is 129 Å². The first-order chi connectivity index (χ1) is 10.6. The van der Waals surface area contributed by atoms with Gasteiger partial charge in [0.1, 0.15) is 11.6 Å². The molecule has 0 radical (unpaired) electrons. The van der Waals surface area contributed by atoms with Crippen molar-refractivity contribution in [1.82, 2.24) is 4.90 Å². The van der Waals surface area contributed by atoms with Gasteiger partial charge in [0.05, 0.1) is 12.2 Å². The Morgan fingerprint density at radius 1 is 1.18 bits per heavy atom. The monoisotopic (exact) mass is 308 g/mol. The fourth-order valence-electron chi connectivity index (χ4n) is 3.84. The maximum Gasteiger partial charge on any atom is 0.242 e. The largest absolute Gasteiger partial charge is 0.374 e. The van der Waals surface area contributed by atoms with Gasteiger partial charge < -0.3 is 10.2 Å². The van der Waals surface area contributed by atoms with Crippen molar-refractivity contribution in [2.24, 2.45) is 5.92 Å². The van der Waals surface area contributed by atoms with Crippen LogP contribution in [0.2, 0.25) is 0 Å². The smallest absolute Gasteiger partial charge is 0.242 e. The van der Waals surface area contributed by atoms with Crippen LogP contribution in [0.1, 0.15) is 38.5 Å². The molecule has 1 saturated heterocycles. The summed E-state index contributed by atoms with van der Waals surface area (Å²) < 4.78 is 26.7. The summed E-state index contributed by atoms with van der Waals surface area (Å²) in [5.74, 6) is -0.442. The minimum absolute atomic E-state index is 0.0136. The van der Waals surface area contributed by atoms with E-state index in [9.17, 15) is 13.6 Å². The first kappa shape index (κ1) is 15.3. The molecule has 0 bridgehead atoms. The SMILES string of the molecule is O=C(CNc1cc(F)ccc1F)N1CCCC2CCCCC21. The molecule has 0 aromatic heterocycles. The van der Waals surface area contributed by atoms with Gasteiger partial charge in [0.2, 0.25) is 5.91 Å². The van der Waals surface area contributed by atoms with Crippen LogP contribution in [-0.2, 0) is 4.79 Å². The molecule has 3 rings (SSSR count). The average molecular weight is 308 g/mol. The number of amides is 1. The van der Waals surface area contributed by atoms with Gasteiger partial charge in [0.25, 0.3) is 0 Å². The minimum Gasteiger partial charge on any atom is -0.374 e. The van der Waals surface area contributed by atoms with Gasteiger partial charge in [0.15, 0.2) is 0 Å². The third-order valence-corrected chi connectivity index (χ3v) is 4.92. The number of hydrogen-bond donors (Lipinski definition) is 1. The Morgan fingerprint density at radius 2 is 1.95 bits per heavy atom. The van der Waals surface area contributed by atoms with E-state index in [1.165, 1.54) is 25.7 Å². The standard InChI is InChI=1S/C17H22F2N2O/c18-13-7-8-14(19)15(10-13)20-11-17(22)21-9-3-5-12-4-1-2-6-16(12)21/h7-8,10,12,16,20H,1-6,9,11H2. The molecule has 2 aliphatic rings. The zero-order chi connectivity index (χ0) is 15.5. The molecule has 2 fully saturated rings. The van der Waals surface area contributed by atoms with E-state index in [1.807, 2.05) is 4.90 Å². The molecule has 1 amide bonds. The van der Waals surface area contributed by atoms with E-state index in [2.05, 4.69) is 5.32 Å². The van der Waals surface area contributed by atoms with Crippen molar-refractivity contribution < 1.29 is 13.6 Å². The van der Waals surface area contributed by atoms with Crippen LogP contribution in [0, 0.1) is 17.6 Å². The van der Waals surface area contributed by atoms with Crippen molar-refractivity contribution in [3.8, 4) is 0 Å². The predicted molar refractivity (Wildman–Crippen MR) is 81.5 cm³/mol. The van der Waals surface area contributed by atoms with Crippen molar-refractivity contribution in [1.29, 1.82) is 0 Å². The van der Waals surface area contributed by atoms with Crippen molar-refractivity contribution in [2.45, 2.75) is 44.6 Å². The molecule has 1 N–H and O–H groups in total. The molecule has 2 atom stereocenters. The normalized spacial score (nSPS) is 24.7. The van der Waals surface area contributed by atoms with E-state index >= 15 is 0 Å². The van der Waals surface area contributed by atoms with Gasteiger partial charge >= 0.3 is 0 Å². The lowest BCUT2D eigenvalue weighted by atomic mass is 9.78. The maximum absolute atomic E-state index is 13.6. The number of benzene rings is 1. The molecule has 5 heteroatoms. The zero-order valence-electron chi connectivity index (χ0n) is 12.7. The second kappa shape index (κ2) is 6.63. The van der Waals surface area contributed by atoms with Gasteiger partial charge in [0, 0.05) is 12.6 Å². The fourth-order valence-corrected chi connectivity index (χ4v) is 3.84. The van der Waals surface area contributed by atoms with Crippen molar-refractivity contribution >= 4 is 11.6 Å². The van der Waals surface area contributed by atoms with E-state index in [0.29, 0.717) is 12.0 Å². The third kappa shape index (κ3) is 3.23. The number of nitrogens with one attached hydrogen (secondary N) is 1. The lowest BCUT2D eigenvalue weighted by Crippen LogP contribution is -2.51. The Morgan fingerprint density at radius 3 is 2.82 bits per heavy atom. The zero-order valence-corrected chi connectivity index (χ0v) is 12.7. The molecule has 2 unspecified atom stereocenters. The molecular weight excluding hydrogens is 286 g/mol. The van der Waals surface area contributed by atoms with E-state index in [0.717, 1.165) is 37.6 Å². The Kier molecular flexibility index (Phi) is 4.60. The summed E-state index contributed by atoms with van der Waals surface area (Å²) in [4.78, 5) is 14.4. The number of fused-ring (bicyclic) bond motifs is 1. The van der Waals surface area contributed by atoms with Crippen LogP contribution in [0.15, 0.2) is 18.2 Å². The molecule has 1 saturated carbocycles. The summed E-state index contributed by atoms with van der Waals surface area (Å²) in [5, 5.41) is 2.74. The third-order valence-electron chi connectivity index (χ3n) is 4.92. The van der Waals surface area contributed by atoms with Crippen LogP contribution < -0.4 is 5.32 Å². The van der Waals surface area contributed by atoms with E-state index in [1.54, 1.807) is 0 Å². The minimum atomic E-state index is -0.539. The summed E-state index contributed by atoms with van der Waals surface area (Å²) in [7, 11) is 0. The van der Waals surface area contributed by atoms with Gasteiger partial charge in [-0.3, -0.25) is 4.79 Å². The molecular formula is C17H22F2N2O. The molecule has 1 aliphatic heterocycles.